The number of hydrogen-bond acceptors (Lipinski definition) is 3. The highest BCUT2D eigenvalue weighted by molar-refractivity contribution is 6.35. The van der Waals surface area contributed by atoms with Gasteiger partial charge < -0.3 is 16.2 Å². The second-order valence-electron chi connectivity index (χ2n) is 3.92. The molecule has 0 aliphatic heterocycles. The summed E-state index contributed by atoms with van der Waals surface area (Å²) in [7, 11) is 0. The third-order valence-electron chi connectivity index (χ3n) is 2.44. The first-order valence-electron chi connectivity index (χ1n) is 5.40. The second-order valence-corrected chi connectivity index (χ2v) is 5.17. The molecule has 0 bridgehead atoms. The van der Waals surface area contributed by atoms with Gasteiger partial charge in [0.2, 0.25) is 0 Å². The van der Waals surface area contributed by atoms with Gasteiger partial charge in [-0.25, -0.2) is 0 Å². The summed E-state index contributed by atoms with van der Waals surface area (Å²) in [5, 5.41) is 0.895. The number of halogens is 3. The molecule has 0 fully saturated rings. The molecule has 0 aromatic heterocycles. The van der Waals surface area contributed by atoms with Crippen molar-refractivity contribution < 1.29 is 9.53 Å². The summed E-state index contributed by atoms with van der Waals surface area (Å²) in [4.78, 5) is 11.4. The first-order valence-corrected chi connectivity index (χ1v) is 6.53. The van der Waals surface area contributed by atoms with Gasteiger partial charge in [0, 0.05) is 10.7 Å². The Balaban J connectivity index is 2.50. The topological polar surface area (TPSA) is 78.3 Å². The predicted molar refractivity (Wildman–Crippen MR) is 80.9 cm³/mol. The van der Waals surface area contributed by atoms with E-state index in [1.165, 1.54) is 18.2 Å². The Morgan fingerprint density at radius 2 is 1.75 bits per heavy atom. The van der Waals surface area contributed by atoms with Crippen molar-refractivity contribution in [3.8, 4) is 11.5 Å². The largest absolute Gasteiger partial charge is 0.453 e. The average molecular weight is 332 g/mol. The van der Waals surface area contributed by atoms with E-state index in [9.17, 15) is 4.79 Å². The molecular formula is C13H9Cl3N2O2. The first kappa shape index (κ1) is 14.8. The molecule has 4 N–H and O–H groups in total. The molecule has 7 heteroatoms. The van der Waals surface area contributed by atoms with E-state index < -0.39 is 5.91 Å². The predicted octanol–water partition coefficient (Wildman–Crippen LogP) is 4.12. The summed E-state index contributed by atoms with van der Waals surface area (Å²) < 4.78 is 5.56. The Morgan fingerprint density at radius 1 is 1.05 bits per heavy atom. The summed E-state index contributed by atoms with van der Waals surface area (Å²) in [6.45, 7) is 0. The Kier molecular flexibility index (Phi) is 4.28. The number of amides is 1. The zero-order chi connectivity index (χ0) is 14.9. The first-order chi connectivity index (χ1) is 9.38. The van der Waals surface area contributed by atoms with Crippen LogP contribution in [0.2, 0.25) is 15.1 Å². The normalized spacial score (nSPS) is 10.3. The minimum absolute atomic E-state index is 0.0704. The van der Waals surface area contributed by atoms with Gasteiger partial charge in [-0.2, -0.15) is 0 Å². The van der Waals surface area contributed by atoms with Gasteiger partial charge >= 0.3 is 0 Å². The SMILES string of the molecule is NC(=O)c1cc(N)cc(Cl)c1Oc1ccc(Cl)cc1Cl. The highest BCUT2D eigenvalue weighted by Crippen LogP contribution is 2.38. The minimum atomic E-state index is -0.709. The van der Waals surface area contributed by atoms with Crippen LogP contribution in [0.5, 0.6) is 11.5 Å². The van der Waals surface area contributed by atoms with Crippen molar-refractivity contribution in [3.05, 3.63) is 51.0 Å². The molecule has 0 unspecified atom stereocenters. The third kappa shape index (κ3) is 3.10. The number of hydrogen-bond donors (Lipinski definition) is 2. The van der Waals surface area contributed by atoms with E-state index >= 15 is 0 Å². The van der Waals surface area contributed by atoms with Crippen molar-refractivity contribution in [1.82, 2.24) is 0 Å². The molecule has 0 saturated carbocycles. The van der Waals surface area contributed by atoms with Crippen LogP contribution in [0.4, 0.5) is 5.69 Å². The third-order valence-corrected chi connectivity index (χ3v) is 3.25. The Morgan fingerprint density at radius 3 is 2.35 bits per heavy atom. The lowest BCUT2D eigenvalue weighted by Gasteiger charge is -2.13. The summed E-state index contributed by atoms with van der Waals surface area (Å²) in [6.07, 6.45) is 0. The number of nitrogens with two attached hydrogens (primary N) is 2. The molecule has 1 amide bonds. The number of benzene rings is 2. The standard InChI is InChI=1S/C13H9Cl3N2O2/c14-6-1-2-11(9(15)3-6)20-12-8(13(18)19)4-7(17)5-10(12)16/h1-5H,17H2,(H2,18,19). The molecular weight excluding hydrogens is 323 g/mol. The van der Waals surface area contributed by atoms with Crippen LogP contribution in [0.1, 0.15) is 10.4 Å². The lowest BCUT2D eigenvalue weighted by Crippen LogP contribution is -2.13. The molecule has 0 radical (unpaired) electrons. The van der Waals surface area contributed by atoms with Gasteiger partial charge in [-0.3, -0.25) is 4.79 Å². The fourth-order valence-corrected chi connectivity index (χ4v) is 2.28. The Labute approximate surface area is 130 Å². The van der Waals surface area contributed by atoms with Crippen LogP contribution >= 0.6 is 34.8 Å². The van der Waals surface area contributed by atoms with Crippen LogP contribution in [0.3, 0.4) is 0 Å². The van der Waals surface area contributed by atoms with Crippen LogP contribution in [-0.4, -0.2) is 5.91 Å². The van der Waals surface area contributed by atoms with Gasteiger partial charge in [0.25, 0.3) is 5.91 Å². The van der Waals surface area contributed by atoms with E-state index in [0.717, 1.165) is 0 Å². The van der Waals surface area contributed by atoms with Crippen molar-refractivity contribution in [1.29, 1.82) is 0 Å². The van der Waals surface area contributed by atoms with E-state index in [4.69, 9.17) is 51.0 Å². The highest BCUT2D eigenvalue weighted by atomic mass is 35.5. The molecule has 2 rings (SSSR count). The number of ether oxygens (including phenoxy) is 1. The number of primary amides is 1. The van der Waals surface area contributed by atoms with Gasteiger partial charge in [-0.1, -0.05) is 34.8 Å². The minimum Gasteiger partial charge on any atom is -0.453 e. The van der Waals surface area contributed by atoms with E-state index in [2.05, 4.69) is 0 Å². The molecule has 20 heavy (non-hydrogen) atoms. The van der Waals surface area contributed by atoms with Crippen LogP contribution < -0.4 is 16.2 Å². The fourth-order valence-electron chi connectivity index (χ4n) is 1.57. The van der Waals surface area contributed by atoms with Crippen LogP contribution in [0.15, 0.2) is 30.3 Å². The van der Waals surface area contributed by atoms with Crippen molar-refractivity contribution in [2.75, 3.05) is 5.73 Å². The van der Waals surface area contributed by atoms with E-state index in [1.54, 1.807) is 12.1 Å². The van der Waals surface area contributed by atoms with Gasteiger partial charge in [-0.15, -0.1) is 0 Å². The molecule has 0 saturated heterocycles. The number of carbonyl (C=O) groups is 1. The highest BCUT2D eigenvalue weighted by Gasteiger charge is 2.17. The molecule has 0 aliphatic carbocycles. The van der Waals surface area contributed by atoms with Crippen molar-refractivity contribution in [2.45, 2.75) is 0 Å². The molecule has 4 nitrogen and oxygen atoms in total. The van der Waals surface area contributed by atoms with E-state index in [1.807, 2.05) is 0 Å². The fraction of sp³-hybridized carbons (Fsp3) is 0. The molecule has 104 valence electrons. The summed E-state index contributed by atoms with van der Waals surface area (Å²) in [5.41, 5.74) is 11.3. The maximum absolute atomic E-state index is 11.4. The van der Waals surface area contributed by atoms with Crippen molar-refractivity contribution in [2.24, 2.45) is 5.73 Å². The number of carbonyl (C=O) groups excluding carboxylic acids is 1. The maximum Gasteiger partial charge on any atom is 0.252 e. The van der Waals surface area contributed by atoms with Crippen molar-refractivity contribution >= 4 is 46.4 Å². The average Bonchev–Trinajstić information content (AvgIpc) is 2.34. The van der Waals surface area contributed by atoms with Gasteiger partial charge in [-0.05, 0) is 30.3 Å². The molecule has 2 aromatic carbocycles. The van der Waals surface area contributed by atoms with E-state index in [-0.39, 0.29) is 21.4 Å². The maximum atomic E-state index is 11.4. The zero-order valence-electron chi connectivity index (χ0n) is 9.99. The number of rotatable bonds is 3. The summed E-state index contributed by atoms with van der Waals surface area (Å²) in [5.74, 6) is -0.317. The van der Waals surface area contributed by atoms with Crippen molar-refractivity contribution in [3.63, 3.8) is 0 Å². The summed E-state index contributed by atoms with van der Waals surface area (Å²) in [6, 6.07) is 7.49. The molecule has 2 aromatic rings. The lowest BCUT2D eigenvalue weighted by molar-refractivity contribution is 0.0998. The summed E-state index contributed by atoms with van der Waals surface area (Å²) >= 11 is 17.8. The molecule has 0 aliphatic rings. The van der Waals surface area contributed by atoms with Crippen LogP contribution in [0.25, 0.3) is 0 Å². The molecule has 0 heterocycles. The zero-order valence-corrected chi connectivity index (χ0v) is 12.3. The van der Waals surface area contributed by atoms with Gasteiger partial charge in [0.15, 0.2) is 5.75 Å². The van der Waals surface area contributed by atoms with Gasteiger partial charge in [0.1, 0.15) is 5.75 Å². The number of anilines is 1. The Bertz CT molecular complexity index is 690. The van der Waals surface area contributed by atoms with E-state index in [0.29, 0.717) is 16.5 Å². The lowest BCUT2D eigenvalue weighted by atomic mass is 10.1. The van der Waals surface area contributed by atoms with Gasteiger partial charge in [0.05, 0.1) is 15.6 Å². The Hall–Kier alpha value is -1.62. The molecule has 0 atom stereocenters. The monoisotopic (exact) mass is 330 g/mol. The quantitative estimate of drug-likeness (QED) is 0.830. The van der Waals surface area contributed by atoms with Crippen LogP contribution in [0, 0.1) is 0 Å². The number of nitrogen functional groups attached to an aromatic ring is 1. The second kappa shape index (κ2) is 5.79. The smallest absolute Gasteiger partial charge is 0.252 e. The molecule has 0 spiro atoms. The van der Waals surface area contributed by atoms with Crippen LogP contribution in [-0.2, 0) is 0 Å².